The molecule has 0 amide bonds. The normalized spacial score (nSPS) is 42.6. The number of allylic oxidation sites excluding steroid dienone is 8. The number of anilines is 2. The van der Waals surface area contributed by atoms with Gasteiger partial charge < -0.3 is 9.80 Å². The Bertz CT molecular complexity index is 992. The van der Waals surface area contributed by atoms with Crippen LogP contribution in [0.15, 0.2) is 48.6 Å². The van der Waals surface area contributed by atoms with Crippen LogP contribution in [-0.2, 0) is 0 Å². The molecule has 162 valence electrons. The third-order valence-corrected chi connectivity index (χ3v) is 10.5. The highest BCUT2D eigenvalue weighted by Crippen LogP contribution is 2.64. The summed E-state index contributed by atoms with van der Waals surface area (Å²) < 4.78 is 0. The van der Waals surface area contributed by atoms with Gasteiger partial charge in [-0.1, -0.05) is 48.6 Å². The molecule has 2 heteroatoms. The fraction of sp³-hybridized carbons (Fsp3) is 0.533. The molecule has 8 aliphatic rings. The zero-order valence-corrected chi connectivity index (χ0v) is 18.8. The van der Waals surface area contributed by atoms with Crippen molar-refractivity contribution in [3.05, 3.63) is 70.9 Å². The van der Waals surface area contributed by atoms with E-state index in [-0.39, 0.29) is 0 Å². The smallest absolute Gasteiger partial charge is 0.0451 e. The van der Waals surface area contributed by atoms with Crippen LogP contribution >= 0.6 is 0 Å². The summed E-state index contributed by atoms with van der Waals surface area (Å²) >= 11 is 0. The lowest BCUT2D eigenvalue weighted by molar-refractivity contribution is 0.379. The average Bonchev–Trinajstić information content (AvgIpc) is 3.59. The SMILES string of the molecule is C1=C[C@@H]2c3c4c5c(c6c3N(C[C@@H]2C1)C[C@@H]1CC=C[C@@H]61)[C@@H]1C=CC[C@@H]1CN5C[C@@H]1CC=C[C@@H]41. The molecule has 0 bridgehead atoms. The summed E-state index contributed by atoms with van der Waals surface area (Å²) in [6.07, 6.45) is 25.5. The first-order valence-corrected chi connectivity index (χ1v) is 13.3. The molecule has 0 saturated carbocycles. The van der Waals surface area contributed by atoms with Crippen LogP contribution in [-0.4, -0.2) is 26.2 Å². The van der Waals surface area contributed by atoms with Crippen molar-refractivity contribution < 1.29 is 0 Å². The van der Waals surface area contributed by atoms with Crippen molar-refractivity contribution in [3.63, 3.8) is 0 Å². The van der Waals surface area contributed by atoms with Crippen molar-refractivity contribution in [2.45, 2.75) is 49.4 Å². The molecule has 8 atom stereocenters. The summed E-state index contributed by atoms with van der Waals surface area (Å²) in [7, 11) is 0. The van der Waals surface area contributed by atoms with E-state index in [1.54, 1.807) is 33.6 Å². The molecule has 32 heavy (non-hydrogen) atoms. The van der Waals surface area contributed by atoms with Crippen LogP contribution < -0.4 is 9.80 Å². The fourth-order valence-electron chi connectivity index (χ4n) is 9.37. The van der Waals surface area contributed by atoms with Crippen molar-refractivity contribution >= 4 is 11.4 Å². The third kappa shape index (κ3) is 1.92. The summed E-state index contributed by atoms with van der Waals surface area (Å²) in [6.45, 7) is 5.10. The number of benzene rings is 1. The first kappa shape index (κ1) is 17.3. The second-order valence-corrected chi connectivity index (χ2v) is 12.0. The minimum Gasteiger partial charge on any atom is -0.370 e. The Morgan fingerprint density at radius 2 is 0.719 bits per heavy atom. The second-order valence-electron chi connectivity index (χ2n) is 12.0. The fourth-order valence-corrected chi connectivity index (χ4v) is 9.37. The first-order valence-electron chi connectivity index (χ1n) is 13.3. The van der Waals surface area contributed by atoms with Gasteiger partial charge in [0.1, 0.15) is 0 Å². The highest BCUT2D eigenvalue weighted by Gasteiger charge is 2.52. The Balaban J connectivity index is 1.43. The van der Waals surface area contributed by atoms with Crippen LogP contribution in [0.3, 0.4) is 0 Å². The zero-order chi connectivity index (χ0) is 20.6. The lowest BCUT2D eigenvalue weighted by Crippen LogP contribution is -2.49. The van der Waals surface area contributed by atoms with E-state index < -0.39 is 0 Å². The molecule has 1 aromatic carbocycles. The Morgan fingerprint density at radius 1 is 0.438 bits per heavy atom. The van der Waals surface area contributed by atoms with Gasteiger partial charge in [-0.15, -0.1) is 0 Å². The predicted octanol–water partition coefficient (Wildman–Crippen LogP) is 5.99. The summed E-state index contributed by atoms with van der Waals surface area (Å²) in [5.74, 6) is 5.75. The van der Waals surface area contributed by atoms with Crippen LogP contribution in [0.25, 0.3) is 0 Å². The molecule has 0 aromatic heterocycles. The maximum Gasteiger partial charge on any atom is 0.0451 e. The van der Waals surface area contributed by atoms with Gasteiger partial charge in [0.25, 0.3) is 0 Å². The van der Waals surface area contributed by atoms with Crippen molar-refractivity contribution in [2.75, 3.05) is 36.0 Å². The molecule has 0 spiro atoms. The van der Waals surface area contributed by atoms with Gasteiger partial charge >= 0.3 is 0 Å². The van der Waals surface area contributed by atoms with Gasteiger partial charge in [0.05, 0.1) is 0 Å². The van der Waals surface area contributed by atoms with E-state index >= 15 is 0 Å². The van der Waals surface area contributed by atoms with Gasteiger partial charge in [-0.05, 0) is 71.6 Å². The van der Waals surface area contributed by atoms with Crippen molar-refractivity contribution in [3.8, 4) is 0 Å². The molecule has 0 unspecified atom stereocenters. The zero-order valence-electron chi connectivity index (χ0n) is 18.8. The third-order valence-electron chi connectivity index (χ3n) is 10.5. The van der Waals surface area contributed by atoms with Gasteiger partial charge in [0.2, 0.25) is 0 Å². The molecule has 4 heterocycles. The molecule has 0 radical (unpaired) electrons. The minimum absolute atomic E-state index is 0.647. The highest BCUT2D eigenvalue weighted by atomic mass is 15.2. The quantitative estimate of drug-likeness (QED) is 0.476. The molecule has 0 fully saturated rings. The monoisotopic (exact) mass is 420 g/mol. The van der Waals surface area contributed by atoms with E-state index in [0.29, 0.717) is 23.7 Å². The second kappa shape index (κ2) is 5.82. The minimum atomic E-state index is 0.647. The topological polar surface area (TPSA) is 6.48 Å². The van der Waals surface area contributed by atoms with Gasteiger partial charge in [-0.3, -0.25) is 0 Å². The van der Waals surface area contributed by atoms with Crippen molar-refractivity contribution in [1.82, 2.24) is 0 Å². The molecule has 1 aromatic rings. The maximum absolute atomic E-state index is 2.89. The highest BCUT2D eigenvalue weighted by molar-refractivity contribution is 5.84. The Hall–Kier alpha value is -2.22. The van der Waals surface area contributed by atoms with Gasteiger partial charge in [-0.2, -0.15) is 0 Å². The largest absolute Gasteiger partial charge is 0.370 e. The van der Waals surface area contributed by atoms with Crippen LogP contribution in [0, 0.1) is 23.7 Å². The summed E-state index contributed by atoms with van der Waals surface area (Å²) in [6, 6.07) is 0. The van der Waals surface area contributed by atoms with Crippen LogP contribution in [0.1, 0.15) is 71.6 Å². The Labute approximate surface area is 191 Å². The van der Waals surface area contributed by atoms with Crippen LogP contribution in [0.5, 0.6) is 0 Å². The molecular weight excluding hydrogens is 388 g/mol. The van der Waals surface area contributed by atoms with Crippen LogP contribution in [0.2, 0.25) is 0 Å². The van der Waals surface area contributed by atoms with Gasteiger partial charge in [0, 0.05) is 61.2 Å². The average molecular weight is 421 g/mol. The van der Waals surface area contributed by atoms with E-state index in [2.05, 4.69) is 58.4 Å². The molecule has 4 aliphatic heterocycles. The molecule has 2 nitrogen and oxygen atoms in total. The van der Waals surface area contributed by atoms with Crippen molar-refractivity contribution in [1.29, 1.82) is 0 Å². The van der Waals surface area contributed by atoms with E-state index in [1.165, 1.54) is 51.9 Å². The number of nitrogens with zero attached hydrogens (tertiary/aromatic N) is 2. The Kier molecular flexibility index (Phi) is 3.14. The molecule has 0 N–H and O–H groups in total. The van der Waals surface area contributed by atoms with Crippen molar-refractivity contribution in [2.24, 2.45) is 23.7 Å². The van der Waals surface area contributed by atoms with Gasteiger partial charge in [-0.25, -0.2) is 0 Å². The van der Waals surface area contributed by atoms with E-state index in [1.807, 2.05) is 0 Å². The standard InChI is InChI=1S/C30H32N2/c1-5-17-13-31-14-18-6-3-11-23(18)27-28-24-12-4-8-20(24)16-32-15-19-7-2-10-22(19)26(30(28)32)25(29(27)31)21(17)9-1/h1-4,9-12,17-24H,5-8,13-16H2/t17-,18-,19-,20+,21-,22+,23+,24+/m0/s1. The number of fused-ring (bicyclic) bond motifs is 10. The van der Waals surface area contributed by atoms with E-state index in [0.717, 1.165) is 23.7 Å². The molecule has 9 rings (SSSR count). The summed E-state index contributed by atoms with van der Waals surface area (Å²) in [5, 5.41) is 0. The molecule has 4 aliphatic carbocycles. The lowest BCUT2D eigenvalue weighted by atomic mass is 9.64. The summed E-state index contributed by atoms with van der Waals surface area (Å²) in [4.78, 5) is 5.78. The van der Waals surface area contributed by atoms with E-state index in [9.17, 15) is 0 Å². The van der Waals surface area contributed by atoms with E-state index in [4.69, 9.17) is 0 Å². The first-order chi connectivity index (χ1) is 15.9. The number of rotatable bonds is 0. The predicted molar refractivity (Wildman–Crippen MR) is 131 cm³/mol. The Morgan fingerprint density at radius 3 is 1.00 bits per heavy atom. The van der Waals surface area contributed by atoms with Crippen LogP contribution in [0.4, 0.5) is 11.4 Å². The van der Waals surface area contributed by atoms with Gasteiger partial charge in [0.15, 0.2) is 0 Å². The number of hydrogen-bond acceptors (Lipinski definition) is 2. The molecule has 0 saturated heterocycles. The maximum atomic E-state index is 2.89. The lowest BCUT2D eigenvalue weighted by Gasteiger charge is -2.54. The number of hydrogen-bond donors (Lipinski definition) is 0. The summed E-state index contributed by atoms with van der Waals surface area (Å²) in [5.41, 5.74) is 10.5. The molecular formula is C30H32N2.